The quantitative estimate of drug-likeness (QED) is 0.451. The van der Waals surface area contributed by atoms with Gasteiger partial charge in [0, 0.05) is 6.54 Å². The molecule has 0 aromatic heterocycles. The lowest BCUT2D eigenvalue weighted by atomic mass is 9.97. The van der Waals surface area contributed by atoms with Gasteiger partial charge < -0.3 is 25.2 Å². The number of hydrogen-bond donors (Lipinski definition) is 4. The highest BCUT2D eigenvalue weighted by molar-refractivity contribution is 7.89. The van der Waals surface area contributed by atoms with Crippen molar-refractivity contribution in [1.82, 2.24) is 10.0 Å². The molecule has 4 N–H and O–H groups in total. The molecule has 1 heterocycles. The highest BCUT2D eigenvalue weighted by atomic mass is 32.2. The van der Waals surface area contributed by atoms with Gasteiger partial charge in [-0.1, -0.05) is 30.3 Å². The number of amides is 2. The minimum absolute atomic E-state index is 0.211. The van der Waals surface area contributed by atoms with Crippen molar-refractivity contribution < 1.29 is 27.8 Å². The number of hydrogen-bond acceptors (Lipinski definition) is 6. The average Bonchev–Trinajstić information content (AvgIpc) is 2.80. The van der Waals surface area contributed by atoms with Crippen LogP contribution < -0.4 is 20.1 Å². The van der Waals surface area contributed by atoms with Crippen molar-refractivity contribution >= 4 is 21.7 Å². The van der Waals surface area contributed by atoms with Crippen LogP contribution in [0.1, 0.15) is 19.3 Å². The van der Waals surface area contributed by atoms with Gasteiger partial charge in [-0.05, 0) is 43.5 Å². The van der Waals surface area contributed by atoms with Crippen LogP contribution in [0, 0.1) is 0 Å². The van der Waals surface area contributed by atoms with Crippen LogP contribution in [0.3, 0.4) is 0 Å². The monoisotopic (exact) mass is 463 g/mol. The SMILES string of the molecule is COc1ccccc1NC(=O)N[C@@H]1CC[C@H](CCNS(=O)(=O)c2ccccc2)O[C@H]1CO. The maximum Gasteiger partial charge on any atom is 0.319 e. The van der Waals surface area contributed by atoms with Crippen molar-refractivity contribution in [2.75, 3.05) is 25.6 Å². The van der Waals surface area contributed by atoms with Gasteiger partial charge in [0.2, 0.25) is 10.0 Å². The maximum atomic E-state index is 12.4. The molecular formula is C22H29N3O6S. The van der Waals surface area contributed by atoms with Crippen LogP contribution >= 0.6 is 0 Å². The Balaban J connectivity index is 1.47. The van der Waals surface area contributed by atoms with Crippen molar-refractivity contribution in [1.29, 1.82) is 0 Å². The lowest BCUT2D eigenvalue weighted by molar-refractivity contribution is -0.0884. The molecule has 0 unspecified atom stereocenters. The highest BCUT2D eigenvalue weighted by Gasteiger charge is 2.32. The number of anilines is 1. The molecule has 1 fully saturated rings. The Hall–Kier alpha value is -2.66. The molecule has 0 radical (unpaired) electrons. The number of rotatable bonds is 9. The molecule has 0 aliphatic carbocycles. The largest absolute Gasteiger partial charge is 0.495 e. The number of para-hydroxylation sites is 2. The third-order valence-corrected chi connectivity index (χ3v) is 6.76. The Bertz CT molecular complexity index is 986. The zero-order valence-electron chi connectivity index (χ0n) is 17.9. The van der Waals surface area contributed by atoms with Crippen molar-refractivity contribution in [2.24, 2.45) is 0 Å². The Kier molecular flexibility index (Phi) is 8.46. The summed E-state index contributed by atoms with van der Waals surface area (Å²) in [6.07, 6.45) is 0.885. The number of nitrogens with one attached hydrogen (secondary N) is 3. The molecule has 174 valence electrons. The molecule has 1 aliphatic rings. The van der Waals surface area contributed by atoms with E-state index in [-0.39, 0.29) is 30.2 Å². The Labute approximate surface area is 188 Å². The van der Waals surface area contributed by atoms with Crippen LogP contribution in [-0.4, -0.2) is 58.1 Å². The summed E-state index contributed by atoms with van der Waals surface area (Å²) in [6, 6.07) is 14.4. The molecule has 2 amide bonds. The number of sulfonamides is 1. The topological polar surface area (TPSA) is 126 Å². The van der Waals surface area contributed by atoms with E-state index in [9.17, 15) is 18.3 Å². The molecule has 1 saturated heterocycles. The summed E-state index contributed by atoms with van der Waals surface area (Å²) in [6.45, 7) is -0.0434. The molecule has 0 bridgehead atoms. The van der Waals surface area contributed by atoms with Gasteiger partial charge in [-0.25, -0.2) is 17.9 Å². The second kappa shape index (κ2) is 11.3. The van der Waals surface area contributed by atoms with Crippen molar-refractivity contribution in [3.8, 4) is 5.75 Å². The number of aliphatic hydroxyl groups is 1. The van der Waals surface area contributed by atoms with Gasteiger partial charge in [0.15, 0.2) is 0 Å². The van der Waals surface area contributed by atoms with Gasteiger partial charge in [-0.2, -0.15) is 0 Å². The Morgan fingerprint density at radius 2 is 1.84 bits per heavy atom. The van der Waals surface area contributed by atoms with Gasteiger partial charge in [0.25, 0.3) is 0 Å². The number of methoxy groups -OCH3 is 1. The summed E-state index contributed by atoms with van der Waals surface area (Å²) < 4.78 is 38.3. The second-order valence-corrected chi connectivity index (χ2v) is 9.23. The van der Waals surface area contributed by atoms with Gasteiger partial charge in [-0.3, -0.25) is 0 Å². The first-order valence-corrected chi connectivity index (χ1v) is 11.9. The van der Waals surface area contributed by atoms with Gasteiger partial charge in [-0.15, -0.1) is 0 Å². The van der Waals surface area contributed by atoms with Crippen molar-refractivity contribution in [2.45, 2.75) is 42.4 Å². The maximum absolute atomic E-state index is 12.4. The van der Waals surface area contributed by atoms with E-state index >= 15 is 0 Å². The fraction of sp³-hybridized carbons (Fsp3) is 0.409. The van der Waals surface area contributed by atoms with Crippen LogP contribution in [0.15, 0.2) is 59.5 Å². The summed E-state index contributed by atoms with van der Waals surface area (Å²) in [4.78, 5) is 12.6. The van der Waals surface area contributed by atoms with E-state index in [2.05, 4.69) is 15.4 Å². The summed E-state index contributed by atoms with van der Waals surface area (Å²) in [5.74, 6) is 0.541. The molecule has 3 atom stereocenters. The molecule has 3 rings (SSSR count). The summed E-state index contributed by atoms with van der Waals surface area (Å²) in [7, 11) is -2.05. The third kappa shape index (κ3) is 6.42. The van der Waals surface area contributed by atoms with Gasteiger partial charge >= 0.3 is 6.03 Å². The van der Waals surface area contributed by atoms with Crippen LogP contribution in [-0.2, 0) is 14.8 Å². The molecule has 10 heteroatoms. The highest BCUT2D eigenvalue weighted by Crippen LogP contribution is 2.24. The predicted molar refractivity (Wildman–Crippen MR) is 120 cm³/mol. The first kappa shape index (κ1) is 24.0. The lowest BCUT2D eigenvalue weighted by Crippen LogP contribution is -2.52. The van der Waals surface area contributed by atoms with E-state index in [1.165, 1.54) is 19.2 Å². The van der Waals surface area contributed by atoms with E-state index in [0.29, 0.717) is 30.7 Å². The first-order chi connectivity index (χ1) is 15.4. The van der Waals surface area contributed by atoms with E-state index in [1.807, 2.05) is 0 Å². The predicted octanol–water partition coefficient (Wildman–Crippen LogP) is 2.09. The van der Waals surface area contributed by atoms with Crippen LogP contribution in [0.4, 0.5) is 10.5 Å². The number of ether oxygens (including phenoxy) is 2. The lowest BCUT2D eigenvalue weighted by Gasteiger charge is -2.36. The summed E-state index contributed by atoms with van der Waals surface area (Å²) in [5, 5.41) is 15.3. The van der Waals surface area contributed by atoms with Gasteiger partial charge in [0.05, 0.1) is 36.4 Å². The van der Waals surface area contributed by atoms with E-state index in [4.69, 9.17) is 9.47 Å². The Morgan fingerprint density at radius 1 is 1.12 bits per heavy atom. The molecule has 2 aromatic carbocycles. The van der Waals surface area contributed by atoms with E-state index < -0.39 is 22.2 Å². The molecule has 0 spiro atoms. The summed E-state index contributed by atoms with van der Waals surface area (Å²) >= 11 is 0. The standard InChI is InChI=1S/C22H29N3O6S/c1-30-20-10-6-5-9-18(20)24-22(27)25-19-12-11-16(31-21(19)15-26)13-14-23-32(28,29)17-7-3-2-4-8-17/h2-10,16,19,21,23,26H,11-15H2,1H3,(H2,24,25,27)/t16-,19-,21+/m1/s1. The Morgan fingerprint density at radius 3 is 2.56 bits per heavy atom. The molecule has 9 nitrogen and oxygen atoms in total. The van der Waals surface area contributed by atoms with E-state index in [0.717, 1.165) is 0 Å². The number of urea groups is 1. The summed E-state index contributed by atoms with van der Waals surface area (Å²) in [5.41, 5.74) is 0.536. The zero-order valence-corrected chi connectivity index (χ0v) is 18.7. The fourth-order valence-corrected chi connectivity index (χ4v) is 4.69. The number of benzene rings is 2. The average molecular weight is 464 g/mol. The van der Waals surface area contributed by atoms with Crippen LogP contribution in [0.2, 0.25) is 0 Å². The van der Waals surface area contributed by atoms with Crippen LogP contribution in [0.5, 0.6) is 5.75 Å². The first-order valence-electron chi connectivity index (χ1n) is 10.4. The number of carbonyl (C=O) groups excluding carboxylic acids is 1. The number of carbonyl (C=O) groups is 1. The molecule has 2 aromatic rings. The number of aliphatic hydroxyl groups excluding tert-OH is 1. The fourth-order valence-electron chi connectivity index (χ4n) is 3.62. The minimum Gasteiger partial charge on any atom is -0.495 e. The van der Waals surface area contributed by atoms with Gasteiger partial charge in [0.1, 0.15) is 11.9 Å². The van der Waals surface area contributed by atoms with Crippen molar-refractivity contribution in [3.63, 3.8) is 0 Å². The second-order valence-electron chi connectivity index (χ2n) is 7.46. The zero-order chi connectivity index (χ0) is 23.0. The molecular weight excluding hydrogens is 434 g/mol. The molecule has 32 heavy (non-hydrogen) atoms. The van der Waals surface area contributed by atoms with E-state index in [1.54, 1.807) is 42.5 Å². The third-order valence-electron chi connectivity index (χ3n) is 5.28. The normalized spacial score (nSPS) is 21.0. The molecule has 0 saturated carbocycles. The molecule has 1 aliphatic heterocycles. The smallest absolute Gasteiger partial charge is 0.319 e. The van der Waals surface area contributed by atoms with Crippen LogP contribution in [0.25, 0.3) is 0 Å². The minimum atomic E-state index is -3.57. The van der Waals surface area contributed by atoms with Crippen molar-refractivity contribution in [3.05, 3.63) is 54.6 Å².